The summed E-state index contributed by atoms with van der Waals surface area (Å²) in [4.78, 5) is 48.4. The third-order valence-electron chi connectivity index (χ3n) is 10.8. The highest BCUT2D eigenvalue weighted by Crippen LogP contribution is 2.43. The van der Waals surface area contributed by atoms with Gasteiger partial charge in [-0.25, -0.2) is 4.57 Å². The fourth-order valence-corrected chi connectivity index (χ4v) is 7.51. The van der Waals surface area contributed by atoms with Crippen molar-refractivity contribution in [3.8, 4) is 0 Å². The number of hydrogen-bond acceptors (Lipinski definition) is 10. The van der Waals surface area contributed by atoms with Crippen molar-refractivity contribution < 1.29 is 52.2 Å². The van der Waals surface area contributed by atoms with Gasteiger partial charge in [0.1, 0.15) is 12.7 Å². The third kappa shape index (κ3) is 50.8. The summed E-state index contributed by atoms with van der Waals surface area (Å²) >= 11 is 0. The van der Waals surface area contributed by atoms with E-state index < -0.39 is 57.8 Å². The fourth-order valence-electron chi connectivity index (χ4n) is 6.73. The highest BCUT2D eigenvalue weighted by Gasteiger charge is 2.28. The predicted molar refractivity (Wildman–Crippen MR) is 297 cm³/mol. The molecule has 408 valence electrons. The maximum absolute atomic E-state index is 12.9. The summed E-state index contributed by atoms with van der Waals surface area (Å²) < 4.78 is 39.3. The van der Waals surface area contributed by atoms with Crippen LogP contribution in [0.2, 0.25) is 0 Å². The van der Waals surface area contributed by atoms with E-state index in [1.807, 2.05) is 12.2 Å². The number of aliphatic hydroxyl groups excluding tert-OH is 1. The molecular formula is C60H97O11P. The Morgan fingerprint density at radius 1 is 0.403 bits per heavy atom. The molecule has 3 atom stereocenters. The first-order valence-corrected chi connectivity index (χ1v) is 28.9. The zero-order chi connectivity index (χ0) is 52.7. The van der Waals surface area contributed by atoms with Gasteiger partial charge in [-0.15, -0.1) is 0 Å². The monoisotopic (exact) mass is 1020 g/mol. The predicted octanol–water partition coefficient (Wildman–Crippen LogP) is 16.0. The van der Waals surface area contributed by atoms with Gasteiger partial charge in [0.25, 0.3) is 0 Å². The molecule has 0 aliphatic rings. The number of allylic oxidation sites excluding steroid dienone is 20. The Balaban J connectivity index is 4.89. The summed E-state index contributed by atoms with van der Waals surface area (Å²) in [6, 6.07) is 0. The lowest BCUT2D eigenvalue weighted by atomic mass is 10.1. The number of rotatable bonds is 49. The summed E-state index contributed by atoms with van der Waals surface area (Å²) in [6.07, 6.45) is 64.6. The normalized spacial score (nSPS) is 14.3. The lowest BCUT2D eigenvalue weighted by Gasteiger charge is -2.21. The first-order valence-electron chi connectivity index (χ1n) is 27.4. The standard InChI is InChI=1S/C60H97O11P/c1-4-7-10-13-16-19-22-25-27-28-30-33-36-39-42-45-48-51-60(64)71-57(53-67-58(62)49-46-43-40-37-34-31-24-21-18-15-12-9-6-3)55-69-72(65,66)68-54-56(52-61)70-59(63)50-47-44-41-38-35-32-29-26-23-20-17-14-11-8-5-2/h7-8,10-11,16-17,19-21,24-27,29-30,33,35,38-39,42,56-57,61H,4-6,9,12-15,18,22-23,28,31-32,34,36-37,40-41,43-55H2,1-3H3,(H,65,66)/b10-7-,11-8-,19-16-,20-17-,24-21-,27-25-,29-26-,33-30-,38-35-,42-39-. The molecular weight excluding hydrogens is 928 g/mol. The van der Waals surface area contributed by atoms with Gasteiger partial charge in [0.05, 0.1) is 19.8 Å². The van der Waals surface area contributed by atoms with Gasteiger partial charge < -0.3 is 24.2 Å². The van der Waals surface area contributed by atoms with Crippen LogP contribution in [0.3, 0.4) is 0 Å². The topological polar surface area (TPSA) is 155 Å². The van der Waals surface area contributed by atoms with Gasteiger partial charge >= 0.3 is 25.7 Å². The number of phosphoric acid groups is 1. The molecule has 0 aromatic carbocycles. The van der Waals surface area contributed by atoms with Crippen molar-refractivity contribution in [3.05, 3.63) is 122 Å². The van der Waals surface area contributed by atoms with E-state index in [0.29, 0.717) is 25.7 Å². The average Bonchev–Trinajstić information content (AvgIpc) is 3.37. The van der Waals surface area contributed by atoms with Gasteiger partial charge in [-0.05, 0) is 122 Å². The molecule has 0 spiro atoms. The second-order valence-electron chi connectivity index (χ2n) is 17.6. The van der Waals surface area contributed by atoms with Gasteiger partial charge in [-0.3, -0.25) is 23.4 Å². The maximum Gasteiger partial charge on any atom is 0.472 e. The van der Waals surface area contributed by atoms with Crippen LogP contribution in [0, 0.1) is 0 Å². The smallest absolute Gasteiger partial charge is 0.462 e. The van der Waals surface area contributed by atoms with E-state index in [1.165, 1.54) is 25.7 Å². The molecule has 0 aliphatic heterocycles. The average molecular weight is 1030 g/mol. The molecule has 2 N–H and O–H groups in total. The number of phosphoric ester groups is 1. The molecule has 0 rings (SSSR count). The molecule has 0 amide bonds. The first kappa shape index (κ1) is 67.9. The van der Waals surface area contributed by atoms with E-state index >= 15 is 0 Å². The van der Waals surface area contributed by atoms with Crippen LogP contribution in [0.25, 0.3) is 0 Å². The van der Waals surface area contributed by atoms with Crippen LogP contribution in [0.15, 0.2) is 122 Å². The number of ether oxygens (including phenoxy) is 3. The molecule has 0 saturated carbocycles. The van der Waals surface area contributed by atoms with Crippen molar-refractivity contribution in [2.75, 3.05) is 26.4 Å². The minimum atomic E-state index is -4.78. The van der Waals surface area contributed by atoms with Gasteiger partial charge in [0, 0.05) is 19.3 Å². The molecule has 0 radical (unpaired) electrons. The Kier molecular flexibility index (Phi) is 50.1. The quantitative estimate of drug-likeness (QED) is 0.0197. The second kappa shape index (κ2) is 53.2. The van der Waals surface area contributed by atoms with Crippen molar-refractivity contribution in [2.24, 2.45) is 0 Å². The molecule has 0 heterocycles. The van der Waals surface area contributed by atoms with Crippen LogP contribution in [0.4, 0.5) is 0 Å². The Bertz CT molecular complexity index is 1670. The minimum absolute atomic E-state index is 0.0781. The van der Waals surface area contributed by atoms with Gasteiger partial charge in [-0.2, -0.15) is 0 Å². The van der Waals surface area contributed by atoms with Crippen LogP contribution in [-0.4, -0.2) is 66.5 Å². The summed E-state index contributed by atoms with van der Waals surface area (Å²) in [5, 5.41) is 9.79. The highest BCUT2D eigenvalue weighted by molar-refractivity contribution is 7.47. The number of unbranched alkanes of at least 4 members (excludes halogenated alkanes) is 12. The number of carbonyl (C=O) groups excluding carboxylic acids is 3. The minimum Gasteiger partial charge on any atom is -0.462 e. The third-order valence-corrected chi connectivity index (χ3v) is 11.8. The number of esters is 3. The Labute approximate surface area is 437 Å². The molecule has 0 aromatic rings. The molecule has 72 heavy (non-hydrogen) atoms. The first-order chi connectivity index (χ1) is 35.2. The number of aliphatic hydroxyl groups is 1. The van der Waals surface area contributed by atoms with Crippen LogP contribution in [0.5, 0.6) is 0 Å². The lowest BCUT2D eigenvalue weighted by molar-refractivity contribution is -0.161. The van der Waals surface area contributed by atoms with E-state index in [-0.39, 0.29) is 25.9 Å². The number of hydrogen-bond donors (Lipinski definition) is 2. The van der Waals surface area contributed by atoms with Crippen molar-refractivity contribution in [2.45, 2.75) is 213 Å². The number of carbonyl (C=O) groups is 3. The molecule has 3 unspecified atom stereocenters. The SMILES string of the molecule is CC/C=C\C/C=C\C/C=C\C/C=C\C/C=C\CCCC(=O)OC(COC(=O)CCCCCCC/C=C\CCCCCC)COP(=O)(O)OCC(CO)OC(=O)CCCC/C=C\C/C=C\C/C=C\C/C=C\CC. The van der Waals surface area contributed by atoms with Crippen LogP contribution in [0.1, 0.15) is 201 Å². The van der Waals surface area contributed by atoms with Gasteiger partial charge in [0.2, 0.25) is 0 Å². The Hall–Kier alpha value is -4.12. The fraction of sp³-hybridized carbons (Fsp3) is 0.617. The van der Waals surface area contributed by atoms with Gasteiger partial charge in [0.15, 0.2) is 6.10 Å². The van der Waals surface area contributed by atoms with E-state index in [1.54, 1.807) is 0 Å². The Morgan fingerprint density at radius 2 is 0.736 bits per heavy atom. The van der Waals surface area contributed by atoms with Crippen LogP contribution < -0.4 is 0 Å². The van der Waals surface area contributed by atoms with Crippen LogP contribution in [-0.2, 0) is 42.2 Å². The van der Waals surface area contributed by atoms with Crippen LogP contribution >= 0.6 is 7.82 Å². The zero-order valence-electron chi connectivity index (χ0n) is 44.8. The molecule has 0 aliphatic carbocycles. The van der Waals surface area contributed by atoms with Crippen molar-refractivity contribution >= 4 is 25.7 Å². The van der Waals surface area contributed by atoms with E-state index in [0.717, 1.165) is 109 Å². The van der Waals surface area contributed by atoms with Gasteiger partial charge in [-0.1, -0.05) is 181 Å². The zero-order valence-corrected chi connectivity index (χ0v) is 45.7. The summed E-state index contributed by atoms with van der Waals surface area (Å²) in [5.41, 5.74) is 0. The maximum atomic E-state index is 12.9. The summed E-state index contributed by atoms with van der Waals surface area (Å²) in [6.45, 7) is 4.25. The molecule has 0 bridgehead atoms. The second-order valence-corrected chi connectivity index (χ2v) is 19.1. The van der Waals surface area contributed by atoms with Crippen molar-refractivity contribution in [1.82, 2.24) is 0 Å². The molecule has 12 heteroatoms. The summed E-state index contributed by atoms with van der Waals surface area (Å²) in [5.74, 6) is -1.60. The largest absolute Gasteiger partial charge is 0.472 e. The van der Waals surface area contributed by atoms with E-state index in [9.17, 15) is 28.9 Å². The highest BCUT2D eigenvalue weighted by atomic mass is 31.2. The summed E-state index contributed by atoms with van der Waals surface area (Å²) in [7, 11) is -4.78. The van der Waals surface area contributed by atoms with Crippen molar-refractivity contribution in [3.63, 3.8) is 0 Å². The van der Waals surface area contributed by atoms with E-state index in [4.69, 9.17) is 23.3 Å². The van der Waals surface area contributed by atoms with Crippen molar-refractivity contribution in [1.29, 1.82) is 0 Å². The lowest BCUT2D eigenvalue weighted by Crippen LogP contribution is -2.30. The Morgan fingerprint density at radius 3 is 1.21 bits per heavy atom. The molecule has 0 saturated heterocycles. The van der Waals surface area contributed by atoms with E-state index in [2.05, 4.69) is 130 Å². The molecule has 0 fully saturated rings. The molecule has 11 nitrogen and oxygen atoms in total. The molecule has 0 aromatic heterocycles.